The van der Waals surface area contributed by atoms with Gasteiger partial charge in [-0.1, -0.05) is 39.0 Å². The molecule has 18 heavy (non-hydrogen) atoms. The van der Waals surface area contributed by atoms with Gasteiger partial charge in [-0.25, -0.2) is 0 Å². The Morgan fingerprint density at radius 3 is 2.44 bits per heavy atom. The Hall–Kier alpha value is -0.280. The maximum Gasteiger partial charge on any atom is 0.223 e. The molecule has 2 atom stereocenters. The van der Waals surface area contributed by atoms with Gasteiger partial charge in [0.2, 0.25) is 5.91 Å². The number of hydrogen-bond acceptors (Lipinski definition) is 2. The Kier molecular flexibility index (Phi) is 9.47. The summed E-state index contributed by atoms with van der Waals surface area (Å²) in [6.07, 6.45) is 8.72. The second-order valence-corrected chi connectivity index (χ2v) is 5.49. The Morgan fingerprint density at radius 2 is 1.94 bits per heavy atom. The molecule has 1 amide bonds. The van der Waals surface area contributed by atoms with Crippen LogP contribution in [0.3, 0.4) is 0 Å². The van der Waals surface area contributed by atoms with E-state index in [1.807, 2.05) is 6.92 Å². The van der Waals surface area contributed by atoms with Crippen molar-refractivity contribution in [3.8, 4) is 0 Å². The van der Waals surface area contributed by atoms with Crippen molar-refractivity contribution in [3.63, 3.8) is 0 Å². The van der Waals surface area contributed by atoms with Gasteiger partial charge in [0.1, 0.15) is 0 Å². The lowest BCUT2D eigenvalue weighted by atomic mass is 9.81. The van der Waals surface area contributed by atoms with Crippen LogP contribution < -0.4 is 11.1 Å². The fourth-order valence-electron chi connectivity index (χ4n) is 2.70. The summed E-state index contributed by atoms with van der Waals surface area (Å²) < 4.78 is 0. The van der Waals surface area contributed by atoms with E-state index in [1.54, 1.807) is 0 Å². The van der Waals surface area contributed by atoms with Crippen LogP contribution in [0.15, 0.2) is 0 Å². The molecule has 0 spiro atoms. The highest BCUT2D eigenvalue weighted by atomic mass is 35.5. The third-order valence-electron chi connectivity index (χ3n) is 3.95. The lowest BCUT2D eigenvalue weighted by Crippen LogP contribution is -2.41. The first kappa shape index (κ1) is 17.7. The maximum atomic E-state index is 12.1. The topological polar surface area (TPSA) is 55.1 Å². The molecule has 1 aliphatic carbocycles. The van der Waals surface area contributed by atoms with E-state index in [-0.39, 0.29) is 30.3 Å². The van der Waals surface area contributed by atoms with Crippen molar-refractivity contribution in [2.75, 3.05) is 6.54 Å². The lowest BCUT2D eigenvalue weighted by molar-refractivity contribution is -0.126. The zero-order valence-electron chi connectivity index (χ0n) is 11.8. The smallest absolute Gasteiger partial charge is 0.223 e. The highest BCUT2D eigenvalue weighted by Crippen LogP contribution is 2.30. The molecule has 0 aliphatic heterocycles. The Balaban J connectivity index is 0.00000289. The standard InChI is InChI=1S/C14H28N2O.ClH/c1-3-13(14(17)16-11(2)10-15)9-12-7-5-4-6-8-12;/h11-13H,3-10,15H2,1-2H3,(H,16,17);1H/t11-,13?;/m0./s1. The molecule has 1 rings (SSSR count). The van der Waals surface area contributed by atoms with Gasteiger partial charge in [-0.05, 0) is 25.7 Å². The maximum absolute atomic E-state index is 12.1. The van der Waals surface area contributed by atoms with Gasteiger partial charge in [0.05, 0.1) is 0 Å². The van der Waals surface area contributed by atoms with Crippen molar-refractivity contribution in [3.05, 3.63) is 0 Å². The van der Waals surface area contributed by atoms with E-state index in [9.17, 15) is 4.79 Å². The summed E-state index contributed by atoms with van der Waals surface area (Å²) in [7, 11) is 0. The molecule has 0 aromatic carbocycles. The van der Waals surface area contributed by atoms with Gasteiger partial charge in [0.25, 0.3) is 0 Å². The van der Waals surface area contributed by atoms with Crippen molar-refractivity contribution in [2.45, 2.75) is 64.8 Å². The van der Waals surface area contributed by atoms with Crippen molar-refractivity contribution in [1.29, 1.82) is 0 Å². The Morgan fingerprint density at radius 1 is 1.33 bits per heavy atom. The van der Waals surface area contributed by atoms with Gasteiger partial charge in [0.15, 0.2) is 0 Å². The average molecular weight is 277 g/mol. The Bertz CT molecular complexity index is 230. The summed E-state index contributed by atoms with van der Waals surface area (Å²) in [5.41, 5.74) is 5.53. The molecule has 0 bridgehead atoms. The lowest BCUT2D eigenvalue weighted by Gasteiger charge is -2.26. The average Bonchev–Trinajstić information content (AvgIpc) is 2.36. The van der Waals surface area contributed by atoms with E-state index in [1.165, 1.54) is 32.1 Å². The Labute approximate surface area is 118 Å². The first-order valence-electron chi connectivity index (χ1n) is 7.17. The molecule has 3 N–H and O–H groups in total. The van der Waals surface area contributed by atoms with Crippen LogP contribution in [-0.4, -0.2) is 18.5 Å². The van der Waals surface area contributed by atoms with E-state index >= 15 is 0 Å². The van der Waals surface area contributed by atoms with Gasteiger partial charge in [-0.3, -0.25) is 4.79 Å². The molecule has 0 aromatic heterocycles. The van der Waals surface area contributed by atoms with E-state index in [0.717, 1.165) is 18.8 Å². The van der Waals surface area contributed by atoms with Crippen LogP contribution in [0, 0.1) is 11.8 Å². The van der Waals surface area contributed by atoms with Crippen LogP contribution in [-0.2, 0) is 4.79 Å². The predicted octanol–water partition coefficient (Wildman–Crippen LogP) is 2.87. The number of hydrogen-bond donors (Lipinski definition) is 2. The number of nitrogens with one attached hydrogen (secondary N) is 1. The van der Waals surface area contributed by atoms with Crippen molar-refractivity contribution < 1.29 is 4.79 Å². The number of nitrogens with two attached hydrogens (primary N) is 1. The first-order chi connectivity index (χ1) is 8.17. The molecule has 1 aliphatic rings. The van der Waals surface area contributed by atoms with Gasteiger partial charge in [-0.15, -0.1) is 12.4 Å². The largest absolute Gasteiger partial charge is 0.352 e. The zero-order chi connectivity index (χ0) is 12.7. The quantitative estimate of drug-likeness (QED) is 0.784. The number of carbonyl (C=O) groups is 1. The van der Waals surface area contributed by atoms with Crippen molar-refractivity contribution >= 4 is 18.3 Å². The highest BCUT2D eigenvalue weighted by Gasteiger charge is 2.23. The molecule has 0 heterocycles. The minimum atomic E-state index is 0. The molecule has 1 fully saturated rings. The normalized spacial score (nSPS) is 19.7. The van der Waals surface area contributed by atoms with Crippen LogP contribution in [0.2, 0.25) is 0 Å². The van der Waals surface area contributed by atoms with Crippen molar-refractivity contribution in [2.24, 2.45) is 17.6 Å². The van der Waals surface area contributed by atoms with Crippen LogP contribution in [0.4, 0.5) is 0 Å². The highest BCUT2D eigenvalue weighted by molar-refractivity contribution is 5.85. The van der Waals surface area contributed by atoms with E-state index in [2.05, 4.69) is 12.2 Å². The second-order valence-electron chi connectivity index (χ2n) is 5.49. The van der Waals surface area contributed by atoms with Gasteiger partial charge in [0, 0.05) is 18.5 Å². The molecule has 108 valence electrons. The minimum Gasteiger partial charge on any atom is -0.352 e. The molecule has 0 aromatic rings. The third-order valence-corrected chi connectivity index (χ3v) is 3.95. The summed E-state index contributed by atoms with van der Waals surface area (Å²) in [6, 6.07) is 0.0999. The fourth-order valence-corrected chi connectivity index (χ4v) is 2.70. The summed E-state index contributed by atoms with van der Waals surface area (Å²) in [5.74, 6) is 1.16. The molecule has 0 saturated heterocycles. The summed E-state index contributed by atoms with van der Waals surface area (Å²) in [5, 5.41) is 3.01. The molecular weight excluding hydrogens is 248 g/mol. The van der Waals surface area contributed by atoms with E-state index in [4.69, 9.17) is 5.73 Å². The van der Waals surface area contributed by atoms with E-state index in [0.29, 0.717) is 6.54 Å². The monoisotopic (exact) mass is 276 g/mol. The van der Waals surface area contributed by atoms with Crippen molar-refractivity contribution in [1.82, 2.24) is 5.32 Å². The molecule has 3 nitrogen and oxygen atoms in total. The SMILES string of the molecule is CCC(CC1CCCCC1)C(=O)N[C@@H](C)CN.Cl. The minimum absolute atomic E-state index is 0. The van der Waals surface area contributed by atoms with E-state index < -0.39 is 0 Å². The zero-order valence-corrected chi connectivity index (χ0v) is 12.6. The van der Waals surface area contributed by atoms with Crippen LogP contribution in [0.25, 0.3) is 0 Å². The van der Waals surface area contributed by atoms with Crippen LogP contribution in [0.5, 0.6) is 0 Å². The molecule has 1 unspecified atom stereocenters. The molecule has 4 heteroatoms. The number of halogens is 1. The number of carbonyl (C=O) groups excluding carboxylic acids is 1. The summed E-state index contributed by atoms with van der Waals surface area (Å²) in [4.78, 5) is 12.1. The van der Waals surface area contributed by atoms with Gasteiger partial charge < -0.3 is 11.1 Å². The molecular formula is C14H29ClN2O. The van der Waals surface area contributed by atoms with Gasteiger partial charge in [-0.2, -0.15) is 0 Å². The third kappa shape index (κ3) is 6.05. The second kappa shape index (κ2) is 9.62. The number of rotatable bonds is 6. The molecule has 0 radical (unpaired) electrons. The van der Waals surface area contributed by atoms with Crippen LogP contribution in [0.1, 0.15) is 58.8 Å². The summed E-state index contributed by atoms with van der Waals surface area (Å²) in [6.45, 7) is 4.59. The predicted molar refractivity (Wildman–Crippen MR) is 78.9 cm³/mol. The van der Waals surface area contributed by atoms with Crippen LogP contribution >= 0.6 is 12.4 Å². The number of amides is 1. The summed E-state index contributed by atoms with van der Waals surface area (Å²) >= 11 is 0. The fraction of sp³-hybridized carbons (Fsp3) is 0.929. The van der Waals surface area contributed by atoms with Gasteiger partial charge >= 0.3 is 0 Å². The first-order valence-corrected chi connectivity index (χ1v) is 7.17. The molecule has 1 saturated carbocycles.